The van der Waals surface area contributed by atoms with Crippen molar-refractivity contribution in [1.29, 1.82) is 0 Å². The van der Waals surface area contributed by atoms with Crippen molar-refractivity contribution in [1.82, 2.24) is 0 Å². The third kappa shape index (κ3) is 4.59. The van der Waals surface area contributed by atoms with Gasteiger partial charge in [-0.3, -0.25) is 0 Å². The number of rotatable bonds is 6. The number of hydrogen-bond acceptors (Lipinski definition) is 2. The van der Waals surface area contributed by atoms with Crippen LogP contribution in [0.2, 0.25) is 0 Å². The van der Waals surface area contributed by atoms with Gasteiger partial charge in [0.2, 0.25) is 0 Å². The number of hydrogen-bond donors (Lipinski definition) is 0. The Morgan fingerprint density at radius 2 is 1.11 bits per heavy atom. The molecule has 0 radical (unpaired) electrons. The highest BCUT2D eigenvalue weighted by Crippen LogP contribution is 2.47. The Balaban J connectivity index is 1.82. The number of para-hydroxylation sites is 2. The predicted octanol–water partition coefficient (Wildman–Crippen LogP) is 10.3. The number of aliphatic imine (C=N–C) groups is 2. The van der Waals surface area contributed by atoms with Crippen LogP contribution in [0.3, 0.4) is 0 Å². The maximum Gasteiger partial charge on any atom is 0.0897 e. The summed E-state index contributed by atoms with van der Waals surface area (Å²) in [4.78, 5) is 11.2. The molecule has 0 aliphatic heterocycles. The first-order valence-corrected chi connectivity index (χ1v) is 14.4. The van der Waals surface area contributed by atoms with Crippen LogP contribution in [-0.4, -0.2) is 11.4 Å². The van der Waals surface area contributed by atoms with Crippen molar-refractivity contribution < 1.29 is 0 Å². The first kappa shape index (κ1) is 26.4. The molecule has 0 N–H and O–H groups in total. The van der Waals surface area contributed by atoms with E-state index in [2.05, 4.69) is 128 Å². The van der Waals surface area contributed by atoms with E-state index in [1.807, 2.05) is 0 Å². The summed E-state index contributed by atoms with van der Waals surface area (Å²) in [6.45, 7) is 18.2. The minimum absolute atomic E-state index is 0.193. The molecule has 38 heavy (non-hydrogen) atoms. The Morgan fingerprint density at radius 1 is 0.605 bits per heavy atom. The zero-order chi connectivity index (χ0) is 27.1. The van der Waals surface area contributed by atoms with E-state index in [0.29, 0.717) is 23.7 Å². The molecule has 0 aromatic heterocycles. The Kier molecular flexibility index (Phi) is 7.27. The van der Waals surface area contributed by atoms with Crippen LogP contribution < -0.4 is 0 Å². The van der Waals surface area contributed by atoms with E-state index in [1.165, 1.54) is 33.4 Å². The summed E-state index contributed by atoms with van der Waals surface area (Å²) in [6.07, 6.45) is 13.5. The predicted molar refractivity (Wildman–Crippen MR) is 165 cm³/mol. The fraction of sp³-hybridized carbons (Fsp3) is 0.389. The normalized spacial score (nSPS) is 22.3. The molecule has 0 bridgehead atoms. The molecule has 1 fully saturated rings. The lowest BCUT2D eigenvalue weighted by molar-refractivity contribution is 0.680. The molecule has 3 aliphatic rings. The molecule has 2 atom stereocenters. The third-order valence-corrected chi connectivity index (χ3v) is 8.20. The van der Waals surface area contributed by atoms with Gasteiger partial charge >= 0.3 is 0 Å². The number of nitrogens with zero attached hydrogens (tertiary/aromatic N) is 2. The topological polar surface area (TPSA) is 24.7 Å². The van der Waals surface area contributed by atoms with E-state index in [0.717, 1.165) is 22.8 Å². The quantitative estimate of drug-likeness (QED) is 0.375. The van der Waals surface area contributed by atoms with Crippen molar-refractivity contribution in [2.75, 3.05) is 0 Å². The molecule has 0 heterocycles. The van der Waals surface area contributed by atoms with Gasteiger partial charge in [0.05, 0.1) is 22.8 Å². The van der Waals surface area contributed by atoms with Crippen LogP contribution in [0.5, 0.6) is 0 Å². The Hall–Kier alpha value is -3.26. The summed E-state index contributed by atoms with van der Waals surface area (Å²) < 4.78 is 0. The Bertz CT molecular complexity index is 1370. The van der Waals surface area contributed by atoms with Crippen LogP contribution >= 0.6 is 0 Å². The summed E-state index contributed by atoms with van der Waals surface area (Å²) in [6, 6.07) is 13.4. The standard InChI is InChI=1S/C36H42N2/c1-21(2)26-15-11-16-27(22(3)4)33(26)37-35-30-19-9-13-25-14-10-20-31(32(25)30)36(35)38-34-28(23(5)6)17-12-18-29(34)24(7)8/h9-24,30,32H,1-8H3/t30-,32+/m1/s1. The number of allylic oxidation sites excluding steroid dienone is 8. The molecular weight excluding hydrogens is 460 g/mol. The van der Waals surface area contributed by atoms with Gasteiger partial charge in [0.25, 0.3) is 0 Å². The molecule has 0 spiro atoms. The average molecular weight is 503 g/mol. The highest BCUT2D eigenvalue weighted by Gasteiger charge is 2.44. The van der Waals surface area contributed by atoms with E-state index in [-0.39, 0.29) is 11.8 Å². The lowest BCUT2D eigenvalue weighted by atomic mass is 9.80. The Morgan fingerprint density at radius 3 is 1.61 bits per heavy atom. The highest BCUT2D eigenvalue weighted by atomic mass is 14.9. The fourth-order valence-corrected chi connectivity index (χ4v) is 6.15. The van der Waals surface area contributed by atoms with Crippen molar-refractivity contribution >= 4 is 22.8 Å². The molecule has 5 rings (SSSR count). The average Bonchev–Trinajstić information content (AvgIpc) is 3.17. The first-order valence-electron chi connectivity index (χ1n) is 14.4. The van der Waals surface area contributed by atoms with Crippen molar-refractivity contribution in [2.45, 2.75) is 79.1 Å². The molecular formula is C36H42N2. The first-order chi connectivity index (χ1) is 18.2. The Labute approximate surface area is 229 Å². The second kappa shape index (κ2) is 10.5. The van der Waals surface area contributed by atoms with Gasteiger partial charge in [-0.15, -0.1) is 0 Å². The number of benzene rings is 2. The van der Waals surface area contributed by atoms with E-state index >= 15 is 0 Å². The summed E-state index contributed by atoms with van der Waals surface area (Å²) in [5, 5.41) is 0. The fourth-order valence-electron chi connectivity index (χ4n) is 6.15. The molecule has 3 aliphatic carbocycles. The second-order valence-corrected chi connectivity index (χ2v) is 12.2. The van der Waals surface area contributed by atoms with Gasteiger partial charge in [-0.2, -0.15) is 0 Å². The van der Waals surface area contributed by atoms with Gasteiger partial charge in [-0.1, -0.05) is 128 Å². The third-order valence-electron chi connectivity index (χ3n) is 8.20. The molecule has 1 saturated carbocycles. The lowest BCUT2D eigenvalue weighted by Gasteiger charge is -2.23. The molecule has 2 nitrogen and oxygen atoms in total. The SMILES string of the molecule is CC(C)c1cccc(C(C)C)c1N=C1C2=CC=CC3=CC=C[C@@H](C1=Nc1c(C(C)C)cccc1C(C)C)[C@H]32. The smallest absolute Gasteiger partial charge is 0.0897 e. The minimum Gasteiger partial charge on any atom is -0.250 e. The van der Waals surface area contributed by atoms with Crippen molar-refractivity contribution in [3.8, 4) is 0 Å². The molecule has 2 aromatic carbocycles. The summed E-state index contributed by atoms with van der Waals surface area (Å²) >= 11 is 0. The molecule has 2 heteroatoms. The van der Waals surface area contributed by atoms with Gasteiger partial charge in [0.1, 0.15) is 0 Å². The maximum absolute atomic E-state index is 5.61. The van der Waals surface area contributed by atoms with E-state index < -0.39 is 0 Å². The zero-order valence-electron chi connectivity index (χ0n) is 24.3. The van der Waals surface area contributed by atoms with E-state index in [1.54, 1.807) is 0 Å². The molecule has 2 aromatic rings. The van der Waals surface area contributed by atoms with Gasteiger partial charge in [0, 0.05) is 11.8 Å². The minimum atomic E-state index is 0.193. The largest absolute Gasteiger partial charge is 0.250 e. The summed E-state index contributed by atoms with van der Waals surface area (Å²) in [7, 11) is 0. The van der Waals surface area contributed by atoms with Crippen LogP contribution in [-0.2, 0) is 0 Å². The molecule has 0 unspecified atom stereocenters. The van der Waals surface area contributed by atoms with Crippen LogP contribution in [0, 0.1) is 11.8 Å². The van der Waals surface area contributed by atoms with Crippen LogP contribution in [0.4, 0.5) is 11.4 Å². The van der Waals surface area contributed by atoms with E-state index in [9.17, 15) is 0 Å². The highest BCUT2D eigenvalue weighted by molar-refractivity contribution is 6.53. The van der Waals surface area contributed by atoms with Crippen LogP contribution in [0.1, 0.15) is 101 Å². The molecule has 0 saturated heterocycles. The van der Waals surface area contributed by atoms with Crippen LogP contribution in [0.25, 0.3) is 0 Å². The van der Waals surface area contributed by atoms with Gasteiger partial charge in [0.15, 0.2) is 0 Å². The van der Waals surface area contributed by atoms with E-state index in [4.69, 9.17) is 9.98 Å². The van der Waals surface area contributed by atoms with Gasteiger partial charge in [-0.05, 0) is 57.1 Å². The summed E-state index contributed by atoms with van der Waals surface area (Å²) in [5.41, 5.74) is 12.3. The second-order valence-electron chi connectivity index (χ2n) is 12.2. The van der Waals surface area contributed by atoms with Gasteiger partial charge < -0.3 is 0 Å². The molecule has 196 valence electrons. The monoisotopic (exact) mass is 502 g/mol. The lowest BCUT2D eigenvalue weighted by Crippen LogP contribution is -2.18. The molecule has 0 amide bonds. The zero-order valence-corrected chi connectivity index (χ0v) is 24.3. The van der Waals surface area contributed by atoms with Gasteiger partial charge in [-0.25, -0.2) is 9.98 Å². The maximum atomic E-state index is 5.61. The summed E-state index contributed by atoms with van der Waals surface area (Å²) in [5.74, 6) is 2.04. The van der Waals surface area contributed by atoms with Crippen molar-refractivity contribution in [3.63, 3.8) is 0 Å². The van der Waals surface area contributed by atoms with Crippen molar-refractivity contribution in [2.24, 2.45) is 21.8 Å². The van der Waals surface area contributed by atoms with Crippen molar-refractivity contribution in [3.05, 3.63) is 106 Å². The van der Waals surface area contributed by atoms with Crippen LogP contribution in [0.15, 0.2) is 94.0 Å².